The number of hydrogen-bond acceptors (Lipinski definition) is 5. The fourth-order valence-corrected chi connectivity index (χ4v) is 2.77. The monoisotopic (exact) mass is 341 g/mol. The smallest absolute Gasteiger partial charge is 0.162 e. The number of hydrogen-bond donors (Lipinski definition) is 2. The maximum Gasteiger partial charge on any atom is 0.162 e. The number of aromatic nitrogens is 3. The summed E-state index contributed by atoms with van der Waals surface area (Å²) in [5, 5.41) is 7.74. The molecule has 0 aliphatic rings. The van der Waals surface area contributed by atoms with Gasteiger partial charge in [0, 0.05) is 30.2 Å². The van der Waals surface area contributed by atoms with Gasteiger partial charge < -0.3 is 10.6 Å². The van der Waals surface area contributed by atoms with Gasteiger partial charge in [-0.3, -0.25) is 0 Å². The molecule has 0 unspecified atom stereocenters. The van der Waals surface area contributed by atoms with Crippen LogP contribution >= 0.6 is 0 Å². The van der Waals surface area contributed by atoms with E-state index in [9.17, 15) is 0 Å². The van der Waals surface area contributed by atoms with E-state index in [-0.39, 0.29) is 0 Å². The predicted octanol–water partition coefficient (Wildman–Crippen LogP) is 4.22. The van der Waals surface area contributed by atoms with Crippen LogP contribution in [0.15, 0.2) is 79.0 Å². The Balaban J connectivity index is 1.55. The Morgan fingerprint density at radius 1 is 0.692 bits per heavy atom. The number of nitrogens with one attached hydrogen (secondary N) is 2. The van der Waals surface area contributed by atoms with Crippen molar-refractivity contribution >= 4 is 22.5 Å². The molecule has 0 spiro atoms. The lowest BCUT2D eigenvalue weighted by Gasteiger charge is -2.11. The lowest BCUT2D eigenvalue weighted by atomic mass is 10.2. The van der Waals surface area contributed by atoms with Crippen LogP contribution in [0, 0.1) is 0 Å². The summed E-state index contributed by atoms with van der Waals surface area (Å²) in [5.41, 5.74) is 1.94. The molecule has 2 aromatic heterocycles. The second kappa shape index (κ2) is 7.61. The Bertz CT molecular complexity index is 987. The van der Waals surface area contributed by atoms with E-state index in [0.717, 1.165) is 47.0 Å². The van der Waals surface area contributed by atoms with E-state index < -0.39 is 0 Å². The summed E-state index contributed by atoms with van der Waals surface area (Å²) in [5.74, 6) is 2.44. The van der Waals surface area contributed by atoms with Gasteiger partial charge in [-0.15, -0.1) is 0 Å². The van der Waals surface area contributed by atoms with Crippen LogP contribution < -0.4 is 10.6 Å². The second-order valence-electron chi connectivity index (χ2n) is 5.85. The molecular weight excluding hydrogens is 322 g/mol. The Labute approximate surface area is 152 Å². The van der Waals surface area contributed by atoms with Crippen molar-refractivity contribution in [2.24, 2.45) is 0 Å². The average Bonchev–Trinajstić information content (AvgIpc) is 2.72. The molecule has 0 aliphatic carbocycles. The second-order valence-corrected chi connectivity index (χ2v) is 5.85. The van der Waals surface area contributed by atoms with E-state index in [2.05, 4.69) is 15.6 Å². The first-order valence-corrected chi connectivity index (χ1v) is 8.61. The minimum absolute atomic E-state index is 0.726. The molecule has 0 saturated heterocycles. The third kappa shape index (κ3) is 3.62. The zero-order valence-corrected chi connectivity index (χ0v) is 14.3. The Hall–Kier alpha value is -3.47. The SMILES string of the molecule is c1ccc(-c2nc(NCCNc3ccccn3)c3ccccc3n2)cc1. The molecule has 5 heteroatoms. The van der Waals surface area contributed by atoms with Gasteiger partial charge in [0.25, 0.3) is 0 Å². The van der Waals surface area contributed by atoms with Crippen LogP contribution in [0.25, 0.3) is 22.3 Å². The highest BCUT2D eigenvalue weighted by Crippen LogP contribution is 2.24. The Morgan fingerprint density at radius 3 is 2.31 bits per heavy atom. The number of pyridine rings is 1. The van der Waals surface area contributed by atoms with Crippen LogP contribution in [0.5, 0.6) is 0 Å². The molecule has 0 bridgehead atoms. The number of rotatable bonds is 6. The van der Waals surface area contributed by atoms with Crippen molar-refractivity contribution in [2.45, 2.75) is 0 Å². The zero-order chi connectivity index (χ0) is 17.6. The van der Waals surface area contributed by atoms with E-state index in [1.54, 1.807) is 6.20 Å². The van der Waals surface area contributed by atoms with Crippen LogP contribution in [0.3, 0.4) is 0 Å². The van der Waals surface area contributed by atoms with E-state index in [0.29, 0.717) is 0 Å². The van der Waals surface area contributed by atoms with Gasteiger partial charge in [0.2, 0.25) is 0 Å². The summed E-state index contributed by atoms with van der Waals surface area (Å²) in [6.45, 7) is 1.47. The summed E-state index contributed by atoms with van der Waals surface area (Å²) < 4.78 is 0. The van der Waals surface area contributed by atoms with Crippen LogP contribution in [-0.4, -0.2) is 28.0 Å². The summed E-state index contributed by atoms with van der Waals surface area (Å²) in [6, 6.07) is 23.9. The lowest BCUT2D eigenvalue weighted by molar-refractivity contribution is 1.04. The highest BCUT2D eigenvalue weighted by molar-refractivity contribution is 5.90. The highest BCUT2D eigenvalue weighted by atomic mass is 15.1. The fourth-order valence-electron chi connectivity index (χ4n) is 2.77. The molecule has 2 N–H and O–H groups in total. The average molecular weight is 341 g/mol. The van der Waals surface area contributed by atoms with Gasteiger partial charge in [-0.1, -0.05) is 48.5 Å². The molecule has 0 amide bonds. The largest absolute Gasteiger partial charge is 0.368 e. The first-order chi connectivity index (χ1) is 12.9. The predicted molar refractivity (Wildman–Crippen MR) is 106 cm³/mol. The molecule has 0 radical (unpaired) electrons. The highest BCUT2D eigenvalue weighted by Gasteiger charge is 2.08. The third-order valence-electron chi connectivity index (χ3n) is 4.02. The molecule has 4 aromatic rings. The molecule has 0 aliphatic heterocycles. The number of benzene rings is 2. The molecule has 2 heterocycles. The first kappa shape index (κ1) is 16.0. The van der Waals surface area contributed by atoms with Crippen molar-refractivity contribution < 1.29 is 0 Å². The van der Waals surface area contributed by atoms with Crippen molar-refractivity contribution in [3.8, 4) is 11.4 Å². The molecular formula is C21H19N5. The summed E-state index contributed by atoms with van der Waals surface area (Å²) in [7, 11) is 0. The summed E-state index contributed by atoms with van der Waals surface area (Å²) >= 11 is 0. The maximum absolute atomic E-state index is 4.75. The fraction of sp³-hybridized carbons (Fsp3) is 0.0952. The summed E-state index contributed by atoms with van der Waals surface area (Å²) in [6.07, 6.45) is 1.78. The van der Waals surface area contributed by atoms with Gasteiger partial charge in [0.1, 0.15) is 11.6 Å². The van der Waals surface area contributed by atoms with Gasteiger partial charge in [-0.25, -0.2) is 15.0 Å². The standard InChI is InChI=1S/C21H19N5/c1-2-8-16(9-3-1)20-25-18-11-5-4-10-17(18)21(26-20)24-15-14-23-19-12-6-7-13-22-19/h1-13H,14-15H2,(H,22,23)(H,24,25,26). The van der Waals surface area contributed by atoms with Gasteiger partial charge in [-0.05, 0) is 24.3 Å². The van der Waals surface area contributed by atoms with Crippen LogP contribution in [0.4, 0.5) is 11.6 Å². The van der Waals surface area contributed by atoms with Crippen LogP contribution in [0.2, 0.25) is 0 Å². The quantitative estimate of drug-likeness (QED) is 0.514. The van der Waals surface area contributed by atoms with Crippen molar-refractivity contribution in [3.63, 3.8) is 0 Å². The first-order valence-electron chi connectivity index (χ1n) is 8.61. The van der Waals surface area contributed by atoms with Crippen molar-refractivity contribution in [3.05, 3.63) is 79.0 Å². The number of nitrogens with zero attached hydrogens (tertiary/aromatic N) is 3. The maximum atomic E-state index is 4.75. The molecule has 0 saturated carbocycles. The molecule has 0 fully saturated rings. The normalized spacial score (nSPS) is 10.6. The van der Waals surface area contributed by atoms with Crippen molar-refractivity contribution in [2.75, 3.05) is 23.7 Å². The van der Waals surface area contributed by atoms with Gasteiger partial charge in [-0.2, -0.15) is 0 Å². The minimum Gasteiger partial charge on any atom is -0.368 e. The minimum atomic E-state index is 0.726. The van der Waals surface area contributed by atoms with Gasteiger partial charge >= 0.3 is 0 Å². The molecule has 128 valence electrons. The van der Waals surface area contributed by atoms with Crippen molar-refractivity contribution in [1.82, 2.24) is 15.0 Å². The van der Waals surface area contributed by atoms with E-state index in [1.807, 2.05) is 72.8 Å². The van der Waals surface area contributed by atoms with Gasteiger partial charge in [0.05, 0.1) is 5.52 Å². The zero-order valence-electron chi connectivity index (χ0n) is 14.3. The van der Waals surface area contributed by atoms with E-state index >= 15 is 0 Å². The molecule has 2 aromatic carbocycles. The Kier molecular flexibility index (Phi) is 4.69. The molecule has 5 nitrogen and oxygen atoms in total. The van der Waals surface area contributed by atoms with Crippen molar-refractivity contribution in [1.29, 1.82) is 0 Å². The molecule has 26 heavy (non-hydrogen) atoms. The lowest BCUT2D eigenvalue weighted by Crippen LogP contribution is -2.15. The Morgan fingerprint density at radius 2 is 1.46 bits per heavy atom. The number of anilines is 2. The van der Waals surface area contributed by atoms with Gasteiger partial charge in [0.15, 0.2) is 5.82 Å². The van der Waals surface area contributed by atoms with E-state index in [1.165, 1.54) is 0 Å². The summed E-state index contributed by atoms with van der Waals surface area (Å²) in [4.78, 5) is 13.7. The molecule has 4 rings (SSSR count). The van der Waals surface area contributed by atoms with E-state index in [4.69, 9.17) is 9.97 Å². The van der Waals surface area contributed by atoms with Crippen LogP contribution in [0.1, 0.15) is 0 Å². The molecule has 0 atom stereocenters. The topological polar surface area (TPSA) is 62.7 Å². The number of fused-ring (bicyclic) bond motifs is 1. The van der Waals surface area contributed by atoms with Crippen LogP contribution in [-0.2, 0) is 0 Å². The number of para-hydroxylation sites is 1. The third-order valence-corrected chi connectivity index (χ3v) is 4.02.